The summed E-state index contributed by atoms with van der Waals surface area (Å²) in [6.45, 7) is 3.97. The van der Waals surface area contributed by atoms with Crippen LogP contribution in [0.3, 0.4) is 0 Å². The number of nitrogens with zero attached hydrogens (tertiary/aromatic N) is 1. The number of dihydropyridines is 1. The third-order valence-electron chi connectivity index (χ3n) is 6.51. The molecule has 1 aliphatic heterocycles. The highest BCUT2D eigenvalue weighted by molar-refractivity contribution is 6.04. The molecule has 1 N–H and O–H groups in total. The van der Waals surface area contributed by atoms with Crippen LogP contribution in [0.2, 0.25) is 0 Å². The molecule has 0 aromatic heterocycles. The second-order valence-electron chi connectivity index (χ2n) is 8.77. The molecule has 0 unspecified atom stereocenters. The number of allylic oxidation sites excluding steroid dienone is 3. The van der Waals surface area contributed by atoms with Gasteiger partial charge in [0.05, 0.1) is 24.2 Å². The lowest BCUT2D eigenvalue weighted by molar-refractivity contribution is -0.384. The first-order chi connectivity index (χ1) is 16.8. The fraction of sp³-hybridized carbons (Fsp3) is 0.333. The first-order valence-electron chi connectivity index (χ1n) is 11.6. The molecule has 0 fully saturated rings. The van der Waals surface area contributed by atoms with Gasteiger partial charge < -0.3 is 14.8 Å². The number of hydrogen-bond donors (Lipinski definition) is 1. The summed E-state index contributed by atoms with van der Waals surface area (Å²) < 4.78 is 10.7. The van der Waals surface area contributed by atoms with E-state index in [9.17, 15) is 19.7 Å². The number of benzene rings is 2. The predicted octanol–water partition coefficient (Wildman–Crippen LogP) is 4.92. The molecule has 8 nitrogen and oxygen atoms in total. The second kappa shape index (κ2) is 10.1. The molecule has 2 aliphatic rings. The minimum absolute atomic E-state index is 0.0152. The Morgan fingerprint density at radius 3 is 2.34 bits per heavy atom. The van der Waals surface area contributed by atoms with Crippen molar-refractivity contribution in [2.75, 3.05) is 13.7 Å². The first-order valence-corrected chi connectivity index (χ1v) is 11.6. The van der Waals surface area contributed by atoms with Crippen LogP contribution in [0.15, 0.2) is 71.1 Å². The molecule has 8 heteroatoms. The van der Waals surface area contributed by atoms with Crippen LogP contribution in [0, 0.1) is 10.1 Å². The van der Waals surface area contributed by atoms with Gasteiger partial charge in [-0.15, -0.1) is 0 Å². The minimum atomic E-state index is -0.652. The van der Waals surface area contributed by atoms with Gasteiger partial charge in [-0.3, -0.25) is 14.9 Å². The summed E-state index contributed by atoms with van der Waals surface area (Å²) in [5, 5.41) is 14.5. The third kappa shape index (κ3) is 4.82. The summed E-state index contributed by atoms with van der Waals surface area (Å²) >= 11 is 0. The lowest BCUT2D eigenvalue weighted by Crippen LogP contribution is -2.36. The van der Waals surface area contributed by atoms with E-state index in [2.05, 4.69) is 5.32 Å². The summed E-state index contributed by atoms with van der Waals surface area (Å²) in [4.78, 5) is 37.3. The highest BCUT2D eigenvalue weighted by atomic mass is 16.6. The molecule has 0 spiro atoms. The monoisotopic (exact) mass is 476 g/mol. The number of Topliss-reactive ketones (excluding diaryl/α,β-unsaturated/α-hetero) is 1. The van der Waals surface area contributed by atoms with Gasteiger partial charge in [0.25, 0.3) is 5.69 Å². The van der Waals surface area contributed by atoms with Crippen molar-refractivity contribution >= 4 is 17.4 Å². The number of nitro groups is 1. The maximum Gasteiger partial charge on any atom is 0.336 e. The maximum absolute atomic E-state index is 13.6. The van der Waals surface area contributed by atoms with Gasteiger partial charge in [-0.2, -0.15) is 0 Å². The van der Waals surface area contributed by atoms with E-state index in [1.807, 2.05) is 31.2 Å². The minimum Gasteiger partial charge on any atom is -0.497 e. The lowest BCUT2D eigenvalue weighted by atomic mass is 9.71. The molecule has 0 bridgehead atoms. The van der Waals surface area contributed by atoms with Gasteiger partial charge in [-0.25, -0.2) is 4.79 Å². The SMILES string of the molecule is CCCOC(=O)C1=C(C)NC2=C(C(=O)C[C@H](c3ccc(OC)cc3)C2)[C@H]1c1ccc([N+](=O)[O-])cc1. The van der Waals surface area contributed by atoms with Gasteiger partial charge in [0, 0.05) is 41.4 Å². The van der Waals surface area contributed by atoms with Gasteiger partial charge in [-0.1, -0.05) is 31.2 Å². The molecule has 4 rings (SSSR count). The first kappa shape index (κ1) is 24.2. The predicted molar refractivity (Wildman–Crippen MR) is 130 cm³/mol. The topological polar surface area (TPSA) is 108 Å². The Morgan fingerprint density at radius 2 is 1.74 bits per heavy atom. The van der Waals surface area contributed by atoms with Crippen LogP contribution in [-0.2, 0) is 14.3 Å². The van der Waals surface area contributed by atoms with E-state index in [4.69, 9.17) is 9.47 Å². The molecule has 0 amide bonds. The molecule has 0 saturated carbocycles. The molecule has 35 heavy (non-hydrogen) atoms. The molecule has 1 aliphatic carbocycles. The zero-order chi connectivity index (χ0) is 25.1. The highest BCUT2D eigenvalue weighted by Crippen LogP contribution is 2.46. The standard InChI is InChI=1S/C27H28N2O6/c1-4-13-35-27(31)24-16(2)28-22-14-19(17-7-11-21(34-3)12-8-17)15-23(30)26(22)25(24)18-5-9-20(10-6-18)29(32)33/h5-12,19,25,28H,4,13-15H2,1-3H3/t19-,25+/m1/s1. The Labute approximate surface area is 203 Å². The molecule has 1 heterocycles. The normalized spacial score (nSPS) is 19.7. The number of ether oxygens (including phenoxy) is 2. The summed E-state index contributed by atoms with van der Waals surface area (Å²) in [6, 6.07) is 13.7. The molecule has 2 aromatic rings. The quantitative estimate of drug-likeness (QED) is 0.343. The van der Waals surface area contributed by atoms with E-state index in [-0.39, 0.29) is 24.0 Å². The van der Waals surface area contributed by atoms with Crippen molar-refractivity contribution < 1.29 is 24.0 Å². The average molecular weight is 477 g/mol. The molecular weight excluding hydrogens is 448 g/mol. The maximum atomic E-state index is 13.6. The fourth-order valence-corrected chi connectivity index (χ4v) is 4.82. The average Bonchev–Trinajstić information content (AvgIpc) is 2.86. The number of carbonyl (C=O) groups is 2. The summed E-state index contributed by atoms with van der Waals surface area (Å²) in [5.41, 5.74) is 3.91. The second-order valence-corrected chi connectivity index (χ2v) is 8.77. The van der Waals surface area contributed by atoms with Crippen LogP contribution in [0.1, 0.15) is 56.1 Å². The summed E-state index contributed by atoms with van der Waals surface area (Å²) in [5.74, 6) is -0.467. The van der Waals surface area contributed by atoms with Gasteiger partial charge in [0.1, 0.15) is 5.75 Å². The number of nitro benzene ring substituents is 1. The van der Waals surface area contributed by atoms with Gasteiger partial charge in [0.2, 0.25) is 0 Å². The zero-order valence-corrected chi connectivity index (χ0v) is 20.0. The lowest BCUT2D eigenvalue weighted by Gasteiger charge is -2.36. The number of rotatable bonds is 7. The number of hydrogen-bond acceptors (Lipinski definition) is 7. The van der Waals surface area contributed by atoms with Crippen LogP contribution in [-0.4, -0.2) is 30.4 Å². The summed E-state index contributed by atoms with van der Waals surface area (Å²) in [7, 11) is 1.61. The molecule has 2 atom stereocenters. The number of non-ortho nitro benzene ring substituents is 1. The Kier molecular flexibility index (Phi) is 7.00. The van der Waals surface area contributed by atoms with Gasteiger partial charge in [0.15, 0.2) is 5.78 Å². The van der Waals surface area contributed by atoms with Crippen molar-refractivity contribution in [2.24, 2.45) is 0 Å². The van der Waals surface area contributed by atoms with Crippen LogP contribution in [0.5, 0.6) is 5.75 Å². The Hall–Kier alpha value is -3.94. The number of carbonyl (C=O) groups excluding carboxylic acids is 2. The van der Waals surface area contributed by atoms with Crippen LogP contribution in [0.25, 0.3) is 0 Å². The van der Waals surface area contributed by atoms with Crippen molar-refractivity contribution in [2.45, 2.75) is 44.9 Å². The van der Waals surface area contributed by atoms with Crippen LogP contribution in [0.4, 0.5) is 5.69 Å². The van der Waals surface area contributed by atoms with Gasteiger partial charge in [-0.05, 0) is 48.9 Å². The number of nitrogens with one attached hydrogen (secondary N) is 1. The van der Waals surface area contributed by atoms with E-state index in [1.165, 1.54) is 12.1 Å². The van der Waals surface area contributed by atoms with Crippen molar-refractivity contribution in [3.05, 3.63) is 92.3 Å². The van der Waals surface area contributed by atoms with Crippen molar-refractivity contribution in [1.82, 2.24) is 5.32 Å². The molecule has 182 valence electrons. The van der Waals surface area contributed by atoms with E-state index in [1.54, 1.807) is 26.2 Å². The van der Waals surface area contributed by atoms with Gasteiger partial charge >= 0.3 is 5.97 Å². The Bertz CT molecular complexity index is 1210. The fourth-order valence-electron chi connectivity index (χ4n) is 4.82. The smallest absolute Gasteiger partial charge is 0.336 e. The van der Waals surface area contributed by atoms with Crippen molar-refractivity contribution in [3.63, 3.8) is 0 Å². The molecule has 0 saturated heterocycles. The molecule has 2 aromatic carbocycles. The highest BCUT2D eigenvalue weighted by Gasteiger charge is 2.41. The summed E-state index contributed by atoms with van der Waals surface area (Å²) in [6.07, 6.45) is 1.57. The van der Waals surface area contributed by atoms with Crippen molar-refractivity contribution in [1.29, 1.82) is 0 Å². The molecule has 0 radical (unpaired) electrons. The van der Waals surface area contributed by atoms with E-state index in [0.29, 0.717) is 41.7 Å². The van der Waals surface area contributed by atoms with Crippen LogP contribution < -0.4 is 10.1 Å². The molecular formula is C27H28N2O6. The number of ketones is 1. The van der Waals surface area contributed by atoms with E-state index in [0.717, 1.165) is 17.0 Å². The van der Waals surface area contributed by atoms with E-state index < -0.39 is 16.8 Å². The Balaban J connectivity index is 1.75. The van der Waals surface area contributed by atoms with Crippen molar-refractivity contribution in [3.8, 4) is 5.75 Å². The Morgan fingerprint density at radius 1 is 1.09 bits per heavy atom. The number of esters is 1. The van der Waals surface area contributed by atoms with Crippen LogP contribution >= 0.6 is 0 Å². The van der Waals surface area contributed by atoms with E-state index >= 15 is 0 Å². The zero-order valence-electron chi connectivity index (χ0n) is 20.0. The number of methoxy groups -OCH3 is 1. The third-order valence-corrected chi connectivity index (χ3v) is 6.51. The largest absolute Gasteiger partial charge is 0.497 e.